The van der Waals surface area contributed by atoms with E-state index in [9.17, 15) is 4.79 Å². The number of fused-ring (bicyclic) bond motifs is 1. The maximum atomic E-state index is 13.0. The van der Waals surface area contributed by atoms with Gasteiger partial charge in [0.2, 0.25) is 17.1 Å². The topological polar surface area (TPSA) is 83.9 Å². The van der Waals surface area contributed by atoms with Crippen molar-refractivity contribution in [2.45, 2.75) is 6.92 Å². The summed E-state index contributed by atoms with van der Waals surface area (Å²) in [5.41, 5.74) is 7.98. The van der Waals surface area contributed by atoms with Crippen LogP contribution in [0.3, 0.4) is 0 Å². The van der Waals surface area contributed by atoms with Gasteiger partial charge in [-0.25, -0.2) is 0 Å². The third-order valence-electron chi connectivity index (χ3n) is 4.10. The highest BCUT2D eigenvalue weighted by molar-refractivity contribution is 5.88. The van der Waals surface area contributed by atoms with E-state index in [0.29, 0.717) is 33.8 Å². The first-order valence-electron chi connectivity index (χ1n) is 7.64. The Morgan fingerprint density at radius 2 is 1.64 bits per heavy atom. The van der Waals surface area contributed by atoms with Gasteiger partial charge in [-0.1, -0.05) is 12.1 Å². The summed E-state index contributed by atoms with van der Waals surface area (Å²) in [6, 6.07) is 8.74. The molecule has 0 aliphatic heterocycles. The van der Waals surface area contributed by atoms with Crippen LogP contribution in [0, 0.1) is 6.92 Å². The monoisotopic (exact) mass is 341 g/mol. The molecule has 130 valence electrons. The zero-order valence-electron chi connectivity index (χ0n) is 14.5. The van der Waals surface area contributed by atoms with Crippen LogP contribution in [0.15, 0.2) is 39.5 Å². The average molecular weight is 341 g/mol. The molecular formula is C19H19NO5. The van der Waals surface area contributed by atoms with Crippen molar-refractivity contribution in [1.82, 2.24) is 0 Å². The van der Waals surface area contributed by atoms with E-state index >= 15 is 0 Å². The second kappa shape index (κ2) is 6.39. The molecule has 0 aliphatic rings. The molecule has 0 saturated heterocycles. The van der Waals surface area contributed by atoms with Gasteiger partial charge in [0.1, 0.15) is 5.58 Å². The van der Waals surface area contributed by atoms with E-state index < -0.39 is 0 Å². The first-order chi connectivity index (χ1) is 12.0. The fourth-order valence-corrected chi connectivity index (χ4v) is 2.87. The molecule has 0 spiro atoms. The summed E-state index contributed by atoms with van der Waals surface area (Å²) < 4.78 is 21.7. The Bertz CT molecular complexity index is 982. The predicted molar refractivity (Wildman–Crippen MR) is 96.7 cm³/mol. The number of benzene rings is 2. The summed E-state index contributed by atoms with van der Waals surface area (Å²) >= 11 is 0. The minimum absolute atomic E-state index is 0.0427. The highest BCUT2D eigenvalue weighted by atomic mass is 16.5. The number of nitrogen functional groups attached to an aromatic ring is 1. The van der Waals surface area contributed by atoms with Crippen LogP contribution in [0.1, 0.15) is 5.56 Å². The second-order valence-electron chi connectivity index (χ2n) is 5.54. The van der Waals surface area contributed by atoms with E-state index in [1.54, 1.807) is 18.2 Å². The van der Waals surface area contributed by atoms with Gasteiger partial charge in [-0.3, -0.25) is 4.79 Å². The van der Waals surface area contributed by atoms with Gasteiger partial charge in [0.05, 0.1) is 32.3 Å². The zero-order chi connectivity index (χ0) is 18.1. The van der Waals surface area contributed by atoms with Gasteiger partial charge in [0.15, 0.2) is 11.5 Å². The fourth-order valence-electron chi connectivity index (χ4n) is 2.87. The van der Waals surface area contributed by atoms with Crippen molar-refractivity contribution in [3.8, 4) is 28.4 Å². The van der Waals surface area contributed by atoms with Crippen molar-refractivity contribution in [3.63, 3.8) is 0 Å². The van der Waals surface area contributed by atoms with Gasteiger partial charge in [-0.15, -0.1) is 0 Å². The average Bonchev–Trinajstić information content (AvgIpc) is 2.61. The third kappa shape index (κ3) is 2.65. The molecule has 6 nitrogen and oxygen atoms in total. The molecule has 0 radical (unpaired) electrons. The maximum Gasteiger partial charge on any atom is 0.203 e. The first kappa shape index (κ1) is 16.7. The molecule has 0 unspecified atom stereocenters. The number of hydrogen-bond acceptors (Lipinski definition) is 6. The van der Waals surface area contributed by atoms with Gasteiger partial charge in [-0.05, 0) is 36.2 Å². The predicted octanol–water partition coefficient (Wildman–Crippen LogP) is 3.38. The van der Waals surface area contributed by atoms with E-state index in [-0.39, 0.29) is 16.9 Å². The Morgan fingerprint density at radius 3 is 2.20 bits per heavy atom. The molecule has 0 aliphatic carbocycles. The lowest BCUT2D eigenvalue weighted by Gasteiger charge is -2.15. The molecule has 25 heavy (non-hydrogen) atoms. The van der Waals surface area contributed by atoms with E-state index in [4.69, 9.17) is 24.4 Å². The van der Waals surface area contributed by atoms with Crippen LogP contribution in [-0.2, 0) is 0 Å². The number of aryl methyl sites for hydroxylation is 1. The molecule has 0 amide bonds. The van der Waals surface area contributed by atoms with Crippen LogP contribution in [0.4, 0.5) is 5.88 Å². The number of anilines is 1. The van der Waals surface area contributed by atoms with Gasteiger partial charge < -0.3 is 24.4 Å². The van der Waals surface area contributed by atoms with E-state index in [1.165, 1.54) is 21.3 Å². The van der Waals surface area contributed by atoms with Crippen molar-refractivity contribution in [2.75, 3.05) is 27.1 Å². The third-order valence-corrected chi connectivity index (χ3v) is 4.10. The van der Waals surface area contributed by atoms with Crippen LogP contribution >= 0.6 is 0 Å². The summed E-state index contributed by atoms with van der Waals surface area (Å²) in [4.78, 5) is 13.0. The molecule has 6 heteroatoms. The lowest BCUT2D eigenvalue weighted by molar-refractivity contribution is 0.324. The molecule has 1 heterocycles. The molecule has 0 fully saturated rings. The summed E-state index contributed by atoms with van der Waals surface area (Å²) in [7, 11) is 4.54. The number of nitrogens with two attached hydrogens (primary N) is 1. The van der Waals surface area contributed by atoms with Gasteiger partial charge >= 0.3 is 0 Å². The molecule has 0 bridgehead atoms. The molecule has 3 aromatic rings. The van der Waals surface area contributed by atoms with Gasteiger partial charge in [0, 0.05) is 0 Å². The van der Waals surface area contributed by atoms with E-state index in [0.717, 1.165) is 5.56 Å². The second-order valence-corrected chi connectivity index (χ2v) is 5.54. The fraction of sp³-hybridized carbons (Fsp3) is 0.211. The summed E-state index contributed by atoms with van der Waals surface area (Å²) in [6.45, 7) is 1.86. The standard InChI is InChI=1S/C19H19NO5/c1-10-6-5-7-12-16(21)15(19(20)25-17(10)12)11-8-13(22-2)18(24-4)14(9-11)23-3/h5-9H,20H2,1-4H3. The lowest BCUT2D eigenvalue weighted by atomic mass is 10.0. The van der Waals surface area contributed by atoms with Crippen LogP contribution in [0.2, 0.25) is 0 Å². The molecule has 3 rings (SSSR count). The van der Waals surface area contributed by atoms with Crippen molar-refractivity contribution >= 4 is 16.9 Å². The molecule has 2 N–H and O–H groups in total. The summed E-state index contributed by atoms with van der Waals surface area (Å²) in [6.07, 6.45) is 0. The van der Waals surface area contributed by atoms with Crippen molar-refractivity contribution in [3.05, 3.63) is 46.1 Å². The smallest absolute Gasteiger partial charge is 0.203 e. The normalized spacial score (nSPS) is 10.7. The van der Waals surface area contributed by atoms with Crippen LogP contribution in [0.5, 0.6) is 17.2 Å². The van der Waals surface area contributed by atoms with Gasteiger partial charge in [-0.2, -0.15) is 0 Å². The van der Waals surface area contributed by atoms with Crippen LogP contribution in [0.25, 0.3) is 22.1 Å². The number of para-hydroxylation sites is 1. The SMILES string of the molecule is COc1cc(-c2c(N)oc3c(C)cccc3c2=O)cc(OC)c1OC. The maximum absolute atomic E-state index is 13.0. The van der Waals surface area contributed by atoms with E-state index in [2.05, 4.69) is 0 Å². The molecule has 0 atom stereocenters. The summed E-state index contributed by atoms with van der Waals surface area (Å²) in [5, 5.41) is 0.470. The highest BCUT2D eigenvalue weighted by Crippen LogP contribution is 2.42. The minimum Gasteiger partial charge on any atom is -0.493 e. The Morgan fingerprint density at radius 1 is 1.00 bits per heavy atom. The lowest BCUT2D eigenvalue weighted by Crippen LogP contribution is -2.09. The molecule has 0 saturated carbocycles. The number of methoxy groups -OCH3 is 3. The van der Waals surface area contributed by atoms with Crippen LogP contribution in [-0.4, -0.2) is 21.3 Å². The minimum atomic E-state index is -0.211. The molecule has 1 aromatic heterocycles. The van der Waals surface area contributed by atoms with Gasteiger partial charge in [0.25, 0.3) is 0 Å². The molecular weight excluding hydrogens is 322 g/mol. The largest absolute Gasteiger partial charge is 0.493 e. The quantitative estimate of drug-likeness (QED) is 0.783. The number of ether oxygens (including phenoxy) is 3. The van der Waals surface area contributed by atoms with Crippen molar-refractivity contribution < 1.29 is 18.6 Å². The Labute approximate surface area is 144 Å². The van der Waals surface area contributed by atoms with E-state index in [1.807, 2.05) is 19.1 Å². The Hall–Kier alpha value is -3.15. The Balaban J connectivity index is 2.36. The first-order valence-corrected chi connectivity index (χ1v) is 7.64. The zero-order valence-corrected chi connectivity index (χ0v) is 14.5. The van der Waals surface area contributed by atoms with Crippen molar-refractivity contribution in [1.29, 1.82) is 0 Å². The molecule has 2 aromatic carbocycles. The number of rotatable bonds is 4. The number of hydrogen-bond donors (Lipinski definition) is 1. The highest BCUT2D eigenvalue weighted by Gasteiger charge is 2.20. The Kier molecular flexibility index (Phi) is 4.27. The van der Waals surface area contributed by atoms with Crippen LogP contribution < -0.4 is 25.4 Å². The summed E-state index contributed by atoms with van der Waals surface area (Å²) in [5.74, 6) is 1.34. The van der Waals surface area contributed by atoms with Crippen molar-refractivity contribution in [2.24, 2.45) is 0 Å².